The molecule has 27 heavy (non-hydrogen) atoms. The maximum Gasteiger partial charge on any atom is 0.225 e. The standard InChI is InChI=1S/C19H23N7O/c1-13-11-14(2)22-19(21-13)25-9-6-15(7-10-25)18(27)20-12-17-24-23-16-5-3-4-8-26(16)17/h3-5,8,11,15H,6-7,9-10,12H2,1-2H3,(H,20,27). The highest BCUT2D eigenvalue weighted by Gasteiger charge is 2.26. The van der Waals surface area contributed by atoms with Gasteiger partial charge in [-0.1, -0.05) is 6.07 Å². The zero-order chi connectivity index (χ0) is 18.8. The van der Waals surface area contributed by atoms with Crippen LogP contribution in [0.4, 0.5) is 5.95 Å². The number of hydrogen-bond donors (Lipinski definition) is 1. The highest BCUT2D eigenvalue weighted by atomic mass is 16.1. The fraction of sp³-hybridized carbons (Fsp3) is 0.421. The van der Waals surface area contributed by atoms with Crippen LogP contribution < -0.4 is 10.2 Å². The number of amides is 1. The van der Waals surface area contributed by atoms with Gasteiger partial charge in [-0.15, -0.1) is 10.2 Å². The van der Waals surface area contributed by atoms with Gasteiger partial charge in [0.05, 0.1) is 6.54 Å². The number of aromatic nitrogens is 5. The van der Waals surface area contributed by atoms with Gasteiger partial charge in [-0.3, -0.25) is 9.20 Å². The van der Waals surface area contributed by atoms with Crippen molar-refractivity contribution >= 4 is 17.5 Å². The van der Waals surface area contributed by atoms with Gasteiger partial charge >= 0.3 is 0 Å². The Morgan fingerprint density at radius 2 is 1.89 bits per heavy atom. The highest BCUT2D eigenvalue weighted by Crippen LogP contribution is 2.21. The number of aryl methyl sites for hydroxylation is 2. The second-order valence-corrected chi connectivity index (χ2v) is 6.97. The fourth-order valence-corrected chi connectivity index (χ4v) is 3.51. The van der Waals surface area contributed by atoms with Crippen LogP contribution in [0.3, 0.4) is 0 Å². The lowest BCUT2D eigenvalue weighted by Crippen LogP contribution is -2.41. The Morgan fingerprint density at radius 1 is 1.15 bits per heavy atom. The summed E-state index contributed by atoms with van der Waals surface area (Å²) in [6.45, 7) is 5.91. The van der Waals surface area contributed by atoms with Crippen LogP contribution in [-0.2, 0) is 11.3 Å². The first kappa shape index (κ1) is 17.4. The SMILES string of the molecule is Cc1cc(C)nc(N2CCC(C(=O)NCc3nnc4ccccn34)CC2)n1. The van der Waals surface area contributed by atoms with E-state index < -0.39 is 0 Å². The van der Waals surface area contributed by atoms with Crippen molar-refractivity contribution in [2.24, 2.45) is 5.92 Å². The van der Waals surface area contributed by atoms with E-state index in [9.17, 15) is 4.79 Å². The molecule has 3 aromatic heterocycles. The molecule has 1 fully saturated rings. The molecule has 0 saturated carbocycles. The molecule has 0 bridgehead atoms. The molecule has 140 valence electrons. The number of carbonyl (C=O) groups excluding carboxylic acids is 1. The van der Waals surface area contributed by atoms with Gasteiger partial charge < -0.3 is 10.2 Å². The Labute approximate surface area is 157 Å². The normalized spacial score (nSPS) is 15.3. The summed E-state index contributed by atoms with van der Waals surface area (Å²) >= 11 is 0. The van der Waals surface area contributed by atoms with E-state index in [1.54, 1.807) is 0 Å². The zero-order valence-electron chi connectivity index (χ0n) is 15.6. The number of hydrogen-bond acceptors (Lipinski definition) is 6. The summed E-state index contributed by atoms with van der Waals surface area (Å²) in [6.07, 6.45) is 3.49. The molecular weight excluding hydrogens is 342 g/mol. The van der Waals surface area contributed by atoms with Gasteiger partial charge in [0.2, 0.25) is 11.9 Å². The van der Waals surface area contributed by atoms with Crippen LogP contribution in [0.25, 0.3) is 5.65 Å². The first-order valence-electron chi connectivity index (χ1n) is 9.24. The number of pyridine rings is 1. The Balaban J connectivity index is 1.33. The molecule has 8 nitrogen and oxygen atoms in total. The minimum absolute atomic E-state index is 0.00587. The van der Waals surface area contributed by atoms with E-state index in [2.05, 4.69) is 30.4 Å². The molecule has 4 rings (SSSR count). The van der Waals surface area contributed by atoms with Crippen molar-refractivity contribution in [3.05, 3.63) is 47.7 Å². The van der Waals surface area contributed by atoms with Crippen molar-refractivity contribution in [2.45, 2.75) is 33.2 Å². The average molecular weight is 365 g/mol. The Bertz CT molecular complexity index is 939. The largest absolute Gasteiger partial charge is 0.349 e. The molecule has 4 heterocycles. The summed E-state index contributed by atoms with van der Waals surface area (Å²) in [5.74, 6) is 1.58. The van der Waals surface area contributed by atoms with Gasteiger partial charge in [0, 0.05) is 36.6 Å². The molecule has 3 aromatic rings. The molecule has 0 radical (unpaired) electrons. The van der Waals surface area contributed by atoms with Crippen LogP contribution in [0.1, 0.15) is 30.1 Å². The monoisotopic (exact) mass is 365 g/mol. The predicted molar refractivity (Wildman–Crippen MR) is 101 cm³/mol. The molecule has 1 amide bonds. The lowest BCUT2D eigenvalue weighted by Gasteiger charge is -2.31. The molecule has 1 N–H and O–H groups in total. The molecule has 1 aliphatic rings. The maximum absolute atomic E-state index is 12.6. The van der Waals surface area contributed by atoms with E-state index in [0.29, 0.717) is 6.54 Å². The first-order valence-corrected chi connectivity index (χ1v) is 9.24. The van der Waals surface area contributed by atoms with Crippen LogP contribution >= 0.6 is 0 Å². The van der Waals surface area contributed by atoms with Crippen molar-refractivity contribution in [3.63, 3.8) is 0 Å². The number of rotatable bonds is 4. The summed E-state index contributed by atoms with van der Waals surface area (Å²) in [7, 11) is 0. The van der Waals surface area contributed by atoms with E-state index >= 15 is 0 Å². The molecule has 0 atom stereocenters. The molecular formula is C19H23N7O. The van der Waals surface area contributed by atoms with Crippen molar-refractivity contribution in [1.29, 1.82) is 0 Å². The quantitative estimate of drug-likeness (QED) is 0.757. The number of carbonyl (C=O) groups is 1. The Kier molecular flexibility index (Phi) is 4.70. The third-order valence-corrected chi connectivity index (χ3v) is 4.92. The van der Waals surface area contributed by atoms with Crippen molar-refractivity contribution in [2.75, 3.05) is 18.0 Å². The van der Waals surface area contributed by atoms with Gasteiger partial charge in [-0.25, -0.2) is 9.97 Å². The number of fused-ring (bicyclic) bond motifs is 1. The number of nitrogens with zero attached hydrogens (tertiary/aromatic N) is 6. The summed E-state index contributed by atoms with van der Waals surface area (Å²) in [6, 6.07) is 7.70. The third kappa shape index (κ3) is 3.74. The second-order valence-electron chi connectivity index (χ2n) is 6.97. The van der Waals surface area contributed by atoms with Crippen LogP contribution in [0.2, 0.25) is 0 Å². The summed E-state index contributed by atoms with van der Waals surface area (Å²) in [5.41, 5.74) is 2.72. The van der Waals surface area contributed by atoms with Crippen molar-refractivity contribution in [1.82, 2.24) is 29.9 Å². The lowest BCUT2D eigenvalue weighted by atomic mass is 9.96. The van der Waals surface area contributed by atoms with E-state index in [1.165, 1.54) is 0 Å². The number of nitrogens with one attached hydrogen (secondary N) is 1. The molecule has 0 aromatic carbocycles. The van der Waals surface area contributed by atoms with E-state index in [-0.39, 0.29) is 11.8 Å². The smallest absolute Gasteiger partial charge is 0.225 e. The van der Waals surface area contributed by atoms with Crippen molar-refractivity contribution < 1.29 is 4.79 Å². The maximum atomic E-state index is 12.6. The molecule has 0 aliphatic carbocycles. The predicted octanol–water partition coefficient (Wildman–Crippen LogP) is 1.67. The van der Waals surface area contributed by atoms with Crippen LogP contribution in [0.5, 0.6) is 0 Å². The molecule has 0 unspecified atom stereocenters. The topological polar surface area (TPSA) is 88.3 Å². The molecule has 1 aliphatic heterocycles. The third-order valence-electron chi connectivity index (χ3n) is 4.92. The van der Waals surface area contributed by atoms with Crippen LogP contribution in [-0.4, -0.2) is 43.6 Å². The zero-order valence-corrected chi connectivity index (χ0v) is 15.6. The van der Waals surface area contributed by atoms with Gasteiger partial charge in [0.15, 0.2) is 11.5 Å². The van der Waals surface area contributed by atoms with Gasteiger partial charge in [0.25, 0.3) is 0 Å². The van der Waals surface area contributed by atoms with Crippen molar-refractivity contribution in [3.8, 4) is 0 Å². The summed E-state index contributed by atoms with van der Waals surface area (Å²) in [4.78, 5) is 23.8. The second kappa shape index (κ2) is 7.30. The highest BCUT2D eigenvalue weighted by molar-refractivity contribution is 5.78. The first-order chi connectivity index (χ1) is 13.1. The Hall–Kier alpha value is -3.03. The van der Waals surface area contributed by atoms with Crippen LogP contribution in [0.15, 0.2) is 30.5 Å². The number of anilines is 1. The average Bonchev–Trinajstić information content (AvgIpc) is 3.09. The van der Waals surface area contributed by atoms with E-state index in [1.807, 2.05) is 48.7 Å². The fourth-order valence-electron chi connectivity index (χ4n) is 3.51. The van der Waals surface area contributed by atoms with Gasteiger partial charge in [-0.05, 0) is 44.9 Å². The lowest BCUT2D eigenvalue weighted by molar-refractivity contribution is -0.125. The van der Waals surface area contributed by atoms with Gasteiger partial charge in [-0.2, -0.15) is 0 Å². The van der Waals surface area contributed by atoms with Crippen LogP contribution in [0, 0.1) is 19.8 Å². The minimum Gasteiger partial charge on any atom is -0.349 e. The summed E-state index contributed by atoms with van der Waals surface area (Å²) < 4.78 is 1.89. The van der Waals surface area contributed by atoms with E-state index in [0.717, 1.165) is 54.7 Å². The summed E-state index contributed by atoms with van der Waals surface area (Å²) in [5, 5.41) is 11.3. The molecule has 0 spiro atoms. The van der Waals surface area contributed by atoms with E-state index in [4.69, 9.17) is 0 Å². The number of piperidine rings is 1. The Morgan fingerprint density at radius 3 is 2.63 bits per heavy atom. The molecule has 1 saturated heterocycles. The minimum atomic E-state index is 0.00587. The molecule has 8 heteroatoms. The van der Waals surface area contributed by atoms with Gasteiger partial charge in [0.1, 0.15) is 0 Å².